The SMILES string of the molecule is Cc1cc(C(N)=O)nn1-c1ccc2c(ccn2Cc2ccc(C3CCN(CCCNC(=O)O)CC3)cc2)c1. The Morgan fingerprint density at radius 1 is 1.08 bits per heavy atom. The number of amides is 2. The van der Waals surface area contributed by atoms with Crippen LogP contribution in [-0.4, -0.2) is 62.5 Å². The van der Waals surface area contributed by atoms with Crippen molar-refractivity contribution in [3.63, 3.8) is 0 Å². The van der Waals surface area contributed by atoms with Crippen molar-refractivity contribution in [3.05, 3.63) is 83.3 Å². The lowest BCUT2D eigenvalue weighted by Crippen LogP contribution is -2.35. The van der Waals surface area contributed by atoms with E-state index < -0.39 is 12.0 Å². The van der Waals surface area contributed by atoms with Crippen LogP contribution in [0.4, 0.5) is 4.79 Å². The fourth-order valence-electron chi connectivity index (χ4n) is 5.39. The summed E-state index contributed by atoms with van der Waals surface area (Å²) in [5.41, 5.74) is 11.2. The predicted octanol–water partition coefficient (Wildman–Crippen LogP) is 4.12. The molecule has 1 fully saturated rings. The molecule has 0 spiro atoms. The van der Waals surface area contributed by atoms with Crippen molar-refractivity contribution in [3.8, 4) is 5.69 Å². The quantitative estimate of drug-likeness (QED) is 0.290. The van der Waals surface area contributed by atoms with Gasteiger partial charge in [0.05, 0.1) is 5.69 Å². The lowest BCUT2D eigenvalue weighted by Gasteiger charge is -2.32. The van der Waals surface area contributed by atoms with Crippen LogP contribution in [0.2, 0.25) is 0 Å². The number of carbonyl (C=O) groups is 2. The fourth-order valence-corrected chi connectivity index (χ4v) is 5.39. The van der Waals surface area contributed by atoms with Crippen LogP contribution in [0.5, 0.6) is 0 Å². The topological polar surface area (TPSA) is 118 Å². The first-order valence-electron chi connectivity index (χ1n) is 13.1. The third-order valence-corrected chi connectivity index (χ3v) is 7.46. The summed E-state index contributed by atoms with van der Waals surface area (Å²) in [5.74, 6) is 0.0439. The molecule has 38 heavy (non-hydrogen) atoms. The van der Waals surface area contributed by atoms with Gasteiger partial charge in [-0.2, -0.15) is 5.10 Å². The molecule has 4 aromatic rings. The van der Waals surface area contributed by atoms with Crippen molar-refractivity contribution >= 4 is 22.9 Å². The van der Waals surface area contributed by atoms with Gasteiger partial charge in [-0.1, -0.05) is 24.3 Å². The lowest BCUT2D eigenvalue weighted by molar-refractivity contribution is 0.0995. The zero-order chi connectivity index (χ0) is 26.6. The minimum absolute atomic E-state index is 0.264. The number of benzene rings is 2. The molecule has 9 nitrogen and oxygen atoms in total. The number of nitrogens with zero attached hydrogens (tertiary/aromatic N) is 4. The molecule has 2 amide bonds. The van der Waals surface area contributed by atoms with Crippen LogP contribution in [0, 0.1) is 6.92 Å². The summed E-state index contributed by atoms with van der Waals surface area (Å²) in [6, 6.07) is 19.0. The minimum Gasteiger partial charge on any atom is -0.465 e. The van der Waals surface area contributed by atoms with Crippen LogP contribution in [0.1, 0.15) is 52.5 Å². The number of primary amides is 1. The number of nitrogens with two attached hydrogens (primary N) is 1. The van der Waals surface area contributed by atoms with Crippen LogP contribution < -0.4 is 11.1 Å². The number of aryl methyl sites for hydroxylation is 1. The summed E-state index contributed by atoms with van der Waals surface area (Å²) in [5, 5.41) is 16.6. The summed E-state index contributed by atoms with van der Waals surface area (Å²) in [4.78, 5) is 24.5. The van der Waals surface area contributed by atoms with E-state index in [-0.39, 0.29) is 5.69 Å². The van der Waals surface area contributed by atoms with E-state index in [1.54, 1.807) is 10.7 Å². The molecular formula is C29H34N6O3. The summed E-state index contributed by atoms with van der Waals surface area (Å²) >= 11 is 0. The first-order chi connectivity index (χ1) is 18.4. The van der Waals surface area contributed by atoms with Gasteiger partial charge in [-0.25, -0.2) is 9.48 Å². The summed E-state index contributed by atoms with van der Waals surface area (Å²) in [7, 11) is 0. The molecule has 1 aliphatic rings. The van der Waals surface area contributed by atoms with Gasteiger partial charge in [0.2, 0.25) is 0 Å². The van der Waals surface area contributed by atoms with Crippen LogP contribution in [0.3, 0.4) is 0 Å². The van der Waals surface area contributed by atoms with Crippen LogP contribution in [0.25, 0.3) is 16.6 Å². The van der Waals surface area contributed by atoms with Gasteiger partial charge in [0.1, 0.15) is 0 Å². The van der Waals surface area contributed by atoms with Gasteiger partial charge >= 0.3 is 6.09 Å². The Bertz CT molecular complexity index is 1430. The minimum atomic E-state index is -0.951. The second kappa shape index (κ2) is 11.1. The van der Waals surface area contributed by atoms with Crippen molar-refractivity contribution in [2.75, 3.05) is 26.2 Å². The number of carboxylic acid groups (broad SMARTS) is 1. The van der Waals surface area contributed by atoms with Crippen LogP contribution in [-0.2, 0) is 6.54 Å². The van der Waals surface area contributed by atoms with Gasteiger partial charge in [0.15, 0.2) is 5.69 Å². The summed E-state index contributed by atoms with van der Waals surface area (Å²) in [6.45, 7) is 6.26. The molecule has 198 valence electrons. The fraction of sp³-hybridized carbons (Fsp3) is 0.345. The van der Waals surface area contributed by atoms with E-state index in [0.29, 0.717) is 12.5 Å². The smallest absolute Gasteiger partial charge is 0.404 e. The number of fused-ring (bicyclic) bond motifs is 1. The van der Waals surface area contributed by atoms with Crippen molar-refractivity contribution < 1.29 is 14.7 Å². The Morgan fingerprint density at radius 3 is 2.53 bits per heavy atom. The maximum absolute atomic E-state index is 11.5. The van der Waals surface area contributed by atoms with E-state index in [4.69, 9.17) is 10.8 Å². The number of aromatic nitrogens is 3. The monoisotopic (exact) mass is 514 g/mol. The Balaban J connectivity index is 1.19. The molecule has 0 saturated carbocycles. The number of nitrogens with one attached hydrogen (secondary N) is 1. The third-order valence-electron chi connectivity index (χ3n) is 7.46. The number of likely N-dealkylation sites (tertiary alicyclic amines) is 1. The zero-order valence-corrected chi connectivity index (χ0v) is 21.6. The van der Waals surface area contributed by atoms with E-state index in [1.165, 1.54) is 11.1 Å². The number of piperidine rings is 1. The maximum atomic E-state index is 11.5. The molecule has 0 radical (unpaired) electrons. The lowest BCUT2D eigenvalue weighted by atomic mass is 9.89. The number of rotatable bonds is 9. The first kappa shape index (κ1) is 25.5. The molecule has 5 rings (SSSR count). The molecule has 3 heterocycles. The highest BCUT2D eigenvalue weighted by Gasteiger charge is 2.20. The van der Waals surface area contributed by atoms with Gasteiger partial charge in [-0.15, -0.1) is 0 Å². The standard InChI is InChI=1S/C29H34N6O3/c1-20-17-26(28(30)36)32-35(20)25-7-8-27-24(18-25)11-16-34(27)19-21-3-5-22(6-4-21)23-9-14-33(15-10-23)13-2-12-31-29(37)38/h3-8,11,16-18,23,31H,2,9-10,12-15,19H2,1H3,(H2,30,36)(H,37,38). The van der Waals surface area contributed by atoms with E-state index in [1.807, 2.05) is 13.0 Å². The number of carbonyl (C=O) groups excluding carboxylic acids is 1. The number of hydrogen-bond donors (Lipinski definition) is 3. The van der Waals surface area contributed by atoms with Gasteiger partial charge in [0.25, 0.3) is 5.91 Å². The highest BCUT2D eigenvalue weighted by Crippen LogP contribution is 2.29. The van der Waals surface area contributed by atoms with E-state index in [9.17, 15) is 9.59 Å². The van der Waals surface area contributed by atoms with Crippen molar-refractivity contribution in [2.24, 2.45) is 5.73 Å². The largest absolute Gasteiger partial charge is 0.465 e. The molecule has 2 aromatic heterocycles. The van der Waals surface area contributed by atoms with Crippen molar-refractivity contribution in [1.29, 1.82) is 0 Å². The predicted molar refractivity (Wildman–Crippen MR) is 147 cm³/mol. The van der Waals surface area contributed by atoms with E-state index >= 15 is 0 Å². The average Bonchev–Trinajstić information content (AvgIpc) is 3.50. The second-order valence-electron chi connectivity index (χ2n) is 10.1. The van der Waals surface area contributed by atoms with Gasteiger partial charge < -0.3 is 25.6 Å². The Morgan fingerprint density at radius 2 is 1.84 bits per heavy atom. The molecule has 1 saturated heterocycles. The molecule has 0 atom stereocenters. The zero-order valence-electron chi connectivity index (χ0n) is 21.6. The molecule has 0 bridgehead atoms. The molecule has 0 aliphatic carbocycles. The third kappa shape index (κ3) is 5.73. The molecule has 0 unspecified atom stereocenters. The van der Waals surface area contributed by atoms with Crippen LogP contribution in [0.15, 0.2) is 60.8 Å². The molecule has 9 heteroatoms. The van der Waals surface area contributed by atoms with Crippen molar-refractivity contribution in [2.45, 2.75) is 38.6 Å². The number of hydrogen-bond acceptors (Lipinski definition) is 4. The summed E-state index contributed by atoms with van der Waals surface area (Å²) in [6.07, 6.45) is 4.27. The van der Waals surface area contributed by atoms with Gasteiger partial charge in [0, 0.05) is 35.9 Å². The summed E-state index contributed by atoms with van der Waals surface area (Å²) < 4.78 is 3.99. The van der Waals surface area contributed by atoms with E-state index in [0.717, 1.165) is 67.7 Å². The highest BCUT2D eigenvalue weighted by atomic mass is 16.4. The van der Waals surface area contributed by atoms with E-state index in [2.05, 4.69) is 68.5 Å². The normalized spacial score (nSPS) is 14.7. The molecule has 2 aromatic carbocycles. The van der Waals surface area contributed by atoms with Gasteiger partial charge in [-0.05, 0) is 93.2 Å². The second-order valence-corrected chi connectivity index (χ2v) is 10.1. The average molecular weight is 515 g/mol. The molecule has 1 aliphatic heterocycles. The Labute approximate surface area is 221 Å². The Hall–Kier alpha value is -4.11. The van der Waals surface area contributed by atoms with Crippen LogP contribution >= 0.6 is 0 Å². The molecular weight excluding hydrogens is 480 g/mol. The van der Waals surface area contributed by atoms with Crippen molar-refractivity contribution in [1.82, 2.24) is 24.6 Å². The molecule has 4 N–H and O–H groups in total. The Kier molecular flexibility index (Phi) is 7.46. The first-order valence-corrected chi connectivity index (χ1v) is 13.1. The highest BCUT2D eigenvalue weighted by molar-refractivity contribution is 5.91. The maximum Gasteiger partial charge on any atom is 0.404 e. The van der Waals surface area contributed by atoms with Gasteiger partial charge in [-0.3, -0.25) is 4.79 Å².